The van der Waals surface area contributed by atoms with Crippen molar-refractivity contribution in [3.8, 4) is 0 Å². The minimum absolute atomic E-state index is 0.00543. The number of ether oxygens (including phenoxy) is 1. The third kappa shape index (κ3) is 6.60. The summed E-state index contributed by atoms with van der Waals surface area (Å²) in [5.74, 6) is 0.00543. The summed E-state index contributed by atoms with van der Waals surface area (Å²) >= 11 is 0. The molecule has 1 N–H and O–H groups in total. The van der Waals surface area contributed by atoms with Crippen LogP contribution in [0.3, 0.4) is 0 Å². The zero-order valence-corrected chi connectivity index (χ0v) is 13.8. The van der Waals surface area contributed by atoms with Crippen molar-refractivity contribution in [2.75, 3.05) is 0 Å². The number of ketones is 1. The zero-order chi connectivity index (χ0) is 15.6. The van der Waals surface area contributed by atoms with Gasteiger partial charge in [-0.05, 0) is 26.2 Å². The smallest absolute Gasteiger partial charge is 0.408 e. The monoisotopic (exact) mass is 271 g/mol. The minimum Gasteiger partial charge on any atom is -0.444 e. The molecule has 19 heavy (non-hydrogen) atoms. The lowest BCUT2D eigenvalue weighted by molar-refractivity contribution is -0.131. The second-order valence-corrected chi connectivity index (χ2v) is 8.06. The summed E-state index contributed by atoms with van der Waals surface area (Å²) in [6.45, 7) is 16.7. The summed E-state index contributed by atoms with van der Waals surface area (Å²) in [6.07, 6.45) is -0.551. The molecular formula is C15H29NO3. The van der Waals surface area contributed by atoms with Gasteiger partial charge in [0, 0.05) is 5.41 Å². The normalized spacial score (nSPS) is 14.8. The van der Waals surface area contributed by atoms with Crippen LogP contribution in [0, 0.1) is 10.8 Å². The van der Waals surface area contributed by atoms with Crippen LogP contribution in [0.25, 0.3) is 0 Å². The first kappa shape index (κ1) is 17.9. The number of amides is 1. The van der Waals surface area contributed by atoms with E-state index in [2.05, 4.69) is 5.32 Å². The van der Waals surface area contributed by atoms with E-state index in [0.29, 0.717) is 0 Å². The maximum atomic E-state index is 12.4. The summed E-state index contributed by atoms with van der Waals surface area (Å²) in [7, 11) is 0. The number of hydrogen-bond acceptors (Lipinski definition) is 3. The first-order valence-electron chi connectivity index (χ1n) is 6.68. The Bertz CT molecular complexity index is 340. The van der Waals surface area contributed by atoms with Crippen molar-refractivity contribution in [2.24, 2.45) is 10.8 Å². The van der Waals surface area contributed by atoms with Crippen molar-refractivity contribution < 1.29 is 14.3 Å². The second-order valence-electron chi connectivity index (χ2n) is 8.06. The molecule has 0 radical (unpaired) electrons. The van der Waals surface area contributed by atoms with Gasteiger partial charge in [0.25, 0.3) is 0 Å². The molecule has 0 heterocycles. The molecule has 0 aromatic carbocycles. The molecule has 112 valence electrons. The first-order chi connectivity index (χ1) is 8.14. The van der Waals surface area contributed by atoms with Gasteiger partial charge < -0.3 is 10.1 Å². The Kier molecular flexibility index (Phi) is 5.21. The van der Waals surface area contributed by atoms with Gasteiger partial charge in [-0.1, -0.05) is 41.5 Å². The molecule has 0 bridgehead atoms. The number of nitrogens with one attached hydrogen (secondary N) is 1. The van der Waals surface area contributed by atoms with Crippen LogP contribution in [0.15, 0.2) is 0 Å². The van der Waals surface area contributed by atoms with Gasteiger partial charge in [-0.2, -0.15) is 0 Å². The Morgan fingerprint density at radius 1 is 0.895 bits per heavy atom. The molecule has 0 rings (SSSR count). The zero-order valence-electron chi connectivity index (χ0n) is 13.8. The van der Waals surface area contributed by atoms with Gasteiger partial charge in [-0.15, -0.1) is 0 Å². The van der Waals surface area contributed by atoms with Gasteiger partial charge in [0.15, 0.2) is 5.78 Å². The number of carbonyl (C=O) groups is 2. The highest BCUT2D eigenvalue weighted by atomic mass is 16.6. The number of hydrogen-bond donors (Lipinski definition) is 1. The topological polar surface area (TPSA) is 55.4 Å². The Balaban J connectivity index is 5.02. The van der Waals surface area contributed by atoms with Crippen LogP contribution < -0.4 is 5.32 Å². The van der Waals surface area contributed by atoms with Gasteiger partial charge in [0.1, 0.15) is 5.60 Å². The highest BCUT2D eigenvalue weighted by Crippen LogP contribution is 2.27. The van der Waals surface area contributed by atoms with E-state index in [0.717, 1.165) is 0 Å². The van der Waals surface area contributed by atoms with Gasteiger partial charge in [0.05, 0.1) is 6.04 Å². The third-order valence-corrected chi connectivity index (χ3v) is 2.53. The first-order valence-corrected chi connectivity index (χ1v) is 6.68. The molecule has 0 aliphatic rings. The lowest BCUT2D eigenvalue weighted by atomic mass is 9.76. The molecule has 1 atom stereocenters. The molecule has 1 amide bonds. The van der Waals surface area contributed by atoms with E-state index in [1.54, 1.807) is 20.8 Å². The Morgan fingerprint density at radius 3 is 1.58 bits per heavy atom. The number of Topliss-reactive ketones (excluding diaryl/α,β-unsaturated/α-hetero) is 1. The maximum absolute atomic E-state index is 12.4. The number of rotatable bonds is 2. The largest absolute Gasteiger partial charge is 0.444 e. The molecule has 0 aromatic rings. The summed E-state index contributed by atoms with van der Waals surface area (Å²) in [4.78, 5) is 24.3. The highest BCUT2D eigenvalue weighted by molar-refractivity contribution is 5.92. The lowest BCUT2D eigenvalue weighted by Gasteiger charge is -2.35. The van der Waals surface area contributed by atoms with Crippen molar-refractivity contribution in [1.29, 1.82) is 0 Å². The summed E-state index contributed by atoms with van der Waals surface area (Å²) in [6, 6.07) is -0.567. The fourth-order valence-corrected chi connectivity index (χ4v) is 1.53. The van der Waals surface area contributed by atoms with Crippen molar-refractivity contribution >= 4 is 11.9 Å². The van der Waals surface area contributed by atoms with E-state index in [-0.39, 0.29) is 11.2 Å². The van der Waals surface area contributed by atoms with Gasteiger partial charge in [-0.25, -0.2) is 4.79 Å². The van der Waals surface area contributed by atoms with Gasteiger partial charge in [0.2, 0.25) is 0 Å². The quantitative estimate of drug-likeness (QED) is 0.835. The molecule has 0 aliphatic carbocycles. The van der Waals surface area contributed by atoms with Crippen molar-refractivity contribution in [2.45, 2.75) is 74.0 Å². The molecular weight excluding hydrogens is 242 g/mol. The fraction of sp³-hybridized carbons (Fsp3) is 0.867. The maximum Gasteiger partial charge on any atom is 0.408 e. The van der Waals surface area contributed by atoms with E-state index in [1.807, 2.05) is 41.5 Å². The van der Waals surface area contributed by atoms with Crippen molar-refractivity contribution in [3.63, 3.8) is 0 Å². The van der Waals surface area contributed by atoms with Crippen LogP contribution >= 0.6 is 0 Å². The number of alkyl carbamates (subject to hydrolysis) is 1. The van der Waals surface area contributed by atoms with E-state index in [4.69, 9.17) is 4.74 Å². The van der Waals surface area contributed by atoms with E-state index >= 15 is 0 Å². The molecule has 0 spiro atoms. The predicted molar refractivity (Wildman–Crippen MR) is 77.1 cm³/mol. The standard InChI is InChI=1S/C15H29NO3/c1-13(2,3)10(11(17)14(4,5)6)16-12(18)19-15(7,8)9/h10H,1-9H3,(H,16,18). The summed E-state index contributed by atoms with van der Waals surface area (Å²) in [5, 5.41) is 2.71. The van der Waals surface area contributed by atoms with Crippen LogP contribution in [0.4, 0.5) is 4.79 Å². The predicted octanol–water partition coefficient (Wildman–Crippen LogP) is 3.54. The summed E-state index contributed by atoms with van der Waals surface area (Å²) < 4.78 is 5.22. The van der Waals surface area contributed by atoms with Crippen molar-refractivity contribution in [3.05, 3.63) is 0 Å². The molecule has 0 saturated carbocycles. The summed E-state index contributed by atoms with van der Waals surface area (Å²) in [5.41, 5.74) is -1.44. The lowest BCUT2D eigenvalue weighted by Crippen LogP contribution is -2.53. The molecule has 0 aliphatic heterocycles. The van der Waals surface area contributed by atoms with E-state index in [1.165, 1.54) is 0 Å². The van der Waals surface area contributed by atoms with Crippen LogP contribution in [0.5, 0.6) is 0 Å². The Morgan fingerprint density at radius 2 is 1.32 bits per heavy atom. The van der Waals surface area contributed by atoms with Crippen LogP contribution in [-0.4, -0.2) is 23.5 Å². The Labute approximate surface area is 117 Å². The average molecular weight is 271 g/mol. The van der Waals surface area contributed by atoms with E-state index < -0.39 is 23.2 Å². The van der Waals surface area contributed by atoms with Crippen molar-refractivity contribution in [1.82, 2.24) is 5.32 Å². The molecule has 0 aromatic heterocycles. The highest BCUT2D eigenvalue weighted by Gasteiger charge is 2.39. The average Bonchev–Trinajstić information content (AvgIpc) is 2.06. The minimum atomic E-state index is -0.572. The third-order valence-electron chi connectivity index (χ3n) is 2.53. The molecule has 0 saturated heterocycles. The Hall–Kier alpha value is -1.06. The van der Waals surface area contributed by atoms with E-state index in [9.17, 15) is 9.59 Å². The molecule has 1 unspecified atom stereocenters. The number of carbonyl (C=O) groups excluding carboxylic acids is 2. The molecule has 4 nitrogen and oxygen atoms in total. The fourth-order valence-electron chi connectivity index (χ4n) is 1.53. The molecule has 0 fully saturated rings. The SMILES string of the molecule is CC(C)(C)OC(=O)NC(C(=O)C(C)(C)C)C(C)(C)C. The van der Waals surface area contributed by atoms with Gasteiger partial charge >= 0.3 is 6.09 Å². The molecule has 4 heteroatoms. The van der Waals surface area contributed by atoms with Crippen LogP contribution in [0.1, 0.15) is 62.3 Å². The van der Waals surface area contributed by atoms with Crippen LogP contribution in [0.2, 0.25) is 0 Å². The van der Waals surface area contributed by atoms with Gasteiger partial charge in [-0.3, -0.25) is 4.79 Å². The second kappa shape index (κ2) is 5.51. The van der Waals surface area contributed by atoms with Crippen LogP contribution in [-0.2, 0) is 9.53 Å².